The number of hydrogen-bond donors (Lipinski definition) is 1. The Labute approximate surface area is 131 Å². The van der Waals surface area contributed by atoms with E-state index in [-0.39, 0.29) is 0 Å². The summed E-state index contributed by atoms with van der Waals surface area (Å²) in [6.07, 6.45) is 3.90. The Hall–Kier alpha value is 0.110. The summed E-state index contributed by atoms with van der Waals surface area (Å²) in [5.41, 5.74) is 0. The van der Waals surface area contributed by atoms with Crippen LogP contribution in [0.5, 0.6) is 0 Å². The summed E-state index contributed by atoms with van der Waals surface area (Å²) in [5.74, 6) is 1.75. The first kappa shape index (κ1) is 21.1. The minimum Gasteiger partial charge on any atom is -0.302 e. The Morgan fingerprint density at radius 2 is 1.19 bits per heavy atom. The standard InChI is InChI=1S/C16H35O4P/c1-7-15(9-13(3)4)11-19-21(17,18)20-12-16(8-2)10-14(5)6/h13-16H,7-12H2,1-6H3,(H,17,18). The molecule has 5 heteroatoms. The molecular formula is C16H35O4P. The molecule has 0 spiro atoms. The lowest BCUT2D eigenvalue weighted by Crippen LogP contribution is -2.14. The molecule has 0 heterocycles. The monoisotopic (exact) mass is 322 g/mol. The van der Waals surface area contributed by atoms with Crippen molar-refractivity contribution < 1.29 is 18.5 Å². The molecule has 0 rings (SSSR count). The summed E-state index contributed by atoms with van der Waals surface area (Å²) in [7, 11) is -3.91. The van der Waals surface area contributed by atoms with Gasteiger partial charge < -0.3 is 4.89 Å². The lowest BCUT2D eigenvalue weighted by molar-refractivity contribution is 0.106. The van der Waals surface area contributed by atoms with Crippen molar-refractivity contribution >= 4 is 7.82 Å². The fraction of sp³-hybridized carbons (Fsp3) is 1.00. The van der Waals surface area contributed by atoms with Gasteiger partial charge in [0.1, 0.15) is 0 Å². The number of phosphoric ester groups is 1. The summed E-state index contributed by atoms with van der Waals surface area (Å²) in [6, 6.07) is 0. The summed E-state index contributed by atoms with van der Waals surface area (Å²) >= 11 is 0. The van der Waals surface area contributed by atoms with E-state index in [0.717, 1.165) is 25.7 Å². The predicted molar refractivity (Wildman–Crippen MR) is 88.2 cm³/mol. The molecule has 0 saturated heterocycles. The summed E-state index contributed by atoms with van der Waals surface area (Å²) in [5, 5.41) is 0. The SMILES string of the molecule is CCC(COP(=O)(O)OCC(CC)CC(C)C)CC(C)C. The molecule has 0 aliphatic heterocycles. The van der Waals surface area contributed by atoms with Crippen LogP contribution in [-0.4, -0.2) is 18.1 Å². The average molecular weight is 322 g/mol. The van der Waals surface area contributed by atoms with Crippen molar-refractivity contribution in [2.24, 2.45) is 23.7 Å². The Bertz CT molecular complexity index is 279. The Morgan fingerprint density at radius 3 is 1.43 bits per heavy atom. The minimum atomic E-state index is -3.91. The number of rotatable bonds is 12. The number of hydrogen-bond acceptors (Lipinski definition) is 3. The molecule has 2 atom stereocenters. The van der Waals surface area contributed by atoms with Crippen LogP contribution in [0.1, 0.15) is 67.2 Å². The maximum atomic E-state index is 11.9. The van der Waals surface area contributed by atoms with Crippen LogP contribution in [0.4, 0.5) is 0 Å². The summed E-state index contributed by atoms with van der Waals surface area (Å²) in [4.78, 5) is 9.78. The Kier molecular flexibility index (Phi) is 10.8. The van der Waals surface area contributed by atoms with Gasteiger partial charge in [0.25, 0.3) is 0 Å². The molecule has 21 heavy (non-hydrogen) atoms. The molecule has 128 valence electrons. The van der Waals surface area contributed by atoms with Crippen LogP contribution in [0, 0.1) is 23.7 Å². The van der Waals surface area contributed by atoms with E-state index in [0.29, 0.717) is 36.9 Å². The van der Waals surface area contributed by atoms with E-state index in [1.54, 1.807) is 0 Å². The molecule has 0 aromatic rings. The van der Waals surface area contributed by atoms with Crippen LogP contribution in [-0.2, 0) is 13.6 Å². The highest BCUT2D eigenvalue weighted by atomic mass is 31.2. The first-order valence-electron chi connectivity index (χ1n) is 8.31. The van der Waals surface area contributed by atoms with Crippen LogP contribution in [0.3, 0.4) is 0 Å². The maximum Gasteiger partial charge on any atom is 0.472 e. The molecule has 0 radical (unpaired) electrons. The first-order valence-corrected chi connectivity index (χ1v) is 9.81. The van der Waals surface area contributed by atoms with Gasteiger partial charge in [-0.05, 0) is 36.5 Å². The van der Waals surface area contributed by atoms with E-state index in [1.165, 1.54) is 0 Å². The fourth-order valence-corrected chi connectivity index (χ4v) is 3.35. The first-order chi connectivity index (χ1) is 9.70. The molecular weight excluding hydrogens is 287 g/mol. The molecule has 0 saturated carbocycles. The highest BCUT2D eigenvalue weighted by Gasteiger charge is 2.25. The maximum absolute atomic E-state index is 11.9. The van der Waals surface area contributed by atoms with Crippen LogP contribution < -0.4 is 0 Å². The van der Waals surface area contributed by atoms with Gasteiger partial charge in [-0.25, -0.2) is 4.57 Å². The van der Waals surface area contributed by atoms with Crippen molar-refractivity contribution in [1.29, 1.82) is 0 Å². The van der Waals surface area contributed by atoms with Crippen LogP contribution in [0.25, 0.3) is 0 Å². The van der Waals surface area contributed by atoms with E-state index in [2.05, 4.69) is 41.5 Å². The third kappa shape index (κ3) is 11.3. The molecule has 0 amide bonds. The van der Waals surface area contributed by atoms with Gasteiger partial charge in [0.05, 0.1) is 13.2 Å². The quantitative estimate of drug-likeness (QED) is 0.498. The van der Waals surface area contributed by atoms with Crippen molar-refractivity contribution in [3.8, 4) is 0 Å². The molecule has 2 unspecified atom stereocenters. The molecule has 0 bridgehead atoms. The third-order valence-corrected chi connectivity index (χ3v) is 4.66. The minimum absolute atomic E-state index is 0.295. The summed E-state index contributed by atoms with van der Waals surface area (Å²) < 4.78 is 22.3. The van der Waals surface area contributed by atoms with Gasteiger partial charge in [0, 0.05) is 0 Å². The van der Waals surface area contributed by atoms with Gasteiger partial charge in [0.2, 0.25) is 0 Å². The highest BCUT2D eigenvalue weighted by molar-refractivity contribution is 7.47. The molecule has 0 fully saturated rings. The normalized spacial score (nSPS) is 18.0. The van der Waals surface area contributed by atoms with Crippen molar-refractivity contribution in [2.75, 3.05) is 13.2 Å². The van der Waals surface area contributed by atoms with Gasteiger partial charge in [0.15, 0.2) is 0 Å². The molecule has 4 nitrogen and oxygen atoms in total. The van der Waals surface area contributed by atoms with Gasteiger partial charge in [-0.2, -0.15) is 0 Å². The second kappa shape index (κ2) is 10.8. The Balaban J connectivity index is 4.20. The molecule has 0 aromatic heterocycles. The van der Waals surface area contributed by atoms with Crippen molar-refractivity contribution in [2.45, 2.75) is 67.2 Å². The summed E-state index contributed by atoms with van der Waals surface area (Å²) in [6.45, 7) is 13.3. The van der Waals surface area contributed by atoms with Crippen LogP contribution >= 0.6 is 7.82 Å². The highest BCUT2D eigenvalue weighted by Crippen LogP contribution is 2.44. The van der Waals surface area contributed by atoms with Gasteiger partial charge in [-0.1, -0.05) is 54.4 Å². The smallest absolute Gasteiger partial charge is 0.302 e. The zero-order chi connectivity index (χ0) is 16.5. The average Bonchev–Trinajstić information content (AvgIpc) is 2.38. The van der Waals surface area contributed by atoms with Crippen molar-refractivity contribution in [3.63, 3.8) is 0 Å². The zero-order valence-electron chi connectivity index (χ0n) is 14.7. The van der Waals surface area contributed by atoms with E-state index >= 15 is 0 Å². The van der Waals surface area contributed by atoms with Gasteiger partial charge in [-0.3, -0.25) is 9.05 Å². The van der Waals surface area contributed by atoms with Crippen LogP contribution in [0.2, 0.25) is 0 Å². The van der Waals surface area contributed by atoms with E-state index in [1.807, 2.05) is 0 Å². The lowest BCUT2D eigenvalue weighted by Gasteiger charge is -2.21. The lowest BCUT2D eigenvalue weighted by atomic mass is 9.96. The number of phosphoric acid groups is 1. The topological polar surface area (TPSA) is 55.8 Å². The third-order valence-electron chi connectivity index (χ3n) is 3.71. The van der Waals surface area contributed by atoms with Gasteiger partial charge in [-0.15, -0.1) is 0 Å². The molecule has 0 aliphatic carbocycles. The second-order valence-corrected chi connectivity index (χ2v) is 8.32. The second-order valence-electron chi connectivity index (χ2n) is 6.87. The molecule has 0 aliphatic rings. The van der Waals surface area contributed by atoms with Crippen molar-refractivity contribution in [1.82, 2.24) is 0 Å². The van der Waals surface area contributed by atoms with E-state index in [4.69, 9.17) is 9.05 Å². The molecule has 0 aromatic carbocycles. The largest absolute Gasteiger partial charge is 0.472 e. The van der Waals surface area contributed by atoms with Crippen molar-refractivity contribution in [3.05, 3.63) is 0 Å². The fourth-order valence-electron chi connectivity index (χ4n) is 2.47. The van der Waals surface area contributed by atoms with E-state index in [9.17, 15) is 9.46 Å². The van der Waals surface area contributed by atoms with Gasteiger partial charge >= 0.3 is 7.82 Å². The zero-order valence-corrected chi connectivity index (χ0v) is 15.6. The van der Waals surface area contributed by atoms with Crippen LogP contribution in [0.15, 0.2) is 0 Å². The molecule has 1 N–H and O–H groups in total. The van der Waals surface area contributed by atoms with E-state index < -0.39 is 7.82 Å². The Morgan fingerprint density at radius 1 is 0.857 bits per heavy atom. The predicted octanol–water partition coefficient (Wildman–Crippen LogP) is 5.26.